The van der Waals surface area contributed by atoms with E-state index in [1.165, 1.54) is 0 Å². The third kappa shape index (κ3) is 2.83. The van der Waals surface area contributed by atoms with Crippen molar-refractivity contribution < 1.29 is 15.3 Å². The molecule has 3 N–H and O–H groups in total. The first-order valence-electron chi connectivity index (χ1n) is 7.11. The van der Waals surface area contributed by atoms with E-state index in [4.69, 9.17) is 0 Å². The second-order valence-corrected chi connectivity index (χ2v) is 6.23. The van der Waals surface area contributed by atoms with Crippen LogP contribution in [0.3, 0.4) is 0 Å². The highest BCUT2D eigenvalue weighted by Gasteiger charge is 2.44. The van der Waals surface area contributed by atoms with E-state index in [-0.39, 0.29) is 17.9 Å². The Morgan fingerprint density at radius 2 is 1.76 bits per heavy atom. The molecule has 17 heavy (non-hydrogen) atoms. The maximum atomic E-state index is 10.6. The van der Waals surface area contributed by atoms with Crippen LogP contribution >= 0.6 is 0 Å². The Morgan fingerprint density at radius 3 is 2.47 bits per heavy atom. The van der Waals surface area contributed by atoms with Crippen LogP contribution in [-0.2, 0) is 0 Å². The van der Waals surface area contributed by atoms with E-state index in [1.54, 1.807) is 0 Å². The lowest BCUT2D eigenvalue weighted by molar-refractivity contribution is -0.142. The third-order valence-electron chi connectivity index (χ3n) is 4.84. The fourth-order valence-electron chi connectivity index (χ4n) is 3.67. The molecule has 0 aromatic heterocycles. The second kappa shape index (κ2) is 5.25. The van der Waals surface area contributed by atoms with Gasteiger partial charge in [0.2, 0.25) is 0 Å². The van der Waals surface area contributed by atoms with Gasteiger partial charge in [0.05, 0.1) is 17.8 Å². The van der Waals surface area contributed by atoms with Gasteiger partial charge in [-0.2, -0.15) is 0 Å². The molecule has 3 nitrogen and oxygen atoms in total. The van der Waals surface area contributed by atoms with E-state index in [2.05, 4.69) is 0 Å². The highest BCUT2D eigenvalue weighted by atomic mass is 16.3. The van der Waals surface area contributed by atoms with Gasteiger partial charge in [0.25, 0.3) is 0 Å². The molecule has 0 aromatic rings. The van der Waals surface area contributed by atoms with Crippen LogP contribution in [0.2, 0.25) is 0 Å². The zero-order valence-corrected chi connectivity index (χ0v) is 10.8. The topological polar surface area (TPSA) is 60.7 Å². The normalized spacial score (nSPS) is 48.0. The van der Waals surface area contributed by atoms with Gasteiger partial charge in [0.15, 0.2) is 0 Å². The Kier molecular flexibility index (Phi) is 4.11. The van der Waals surface area contributed by atoms with Gasteiger partial charge in [-0.1, -0.05) is 26.2 Å². The first-order valence-corrected chi connectivity index (χ1v) is 7.11. The molecule has 2 aliphatic carbocycles. The molecule has 0 spiro atoms. The zero-order valence-electron chi connectivity index (χ0n) is 10.8. The predicted molar refractivity (Wildman–Crippen MR) is 66.6 cm³/mol. The van der Waals surface area contributed by atoms with Crippen molar-refractivity contribution in [2.24, 2.45) is 11.8 Å². The van der Waals surface area contributed by atoms with Crippen LogP contribution in [0.5, 0.6) is 0 Å². The lowest BCUT2D eigenvalue weighted by Gasteiger charge is -2.44. The molecule has 2 rings (SSSR count). The molecule has 2 aliphatic rings. The van der Waals surface area contributed by atoms with Gasteiger partial charge in [-0.25, -0.2) is 0 Å². The smallest absolute Gasteiger partial charge is 0.0911 e. The molecule has 5 unspecified atom stereocenters. The minimum Gasteiger partial charge on any atom is -0.393 e. The Bertz CT molecular complexity index is 256. The summed E-state index contributed by atoms with van der Waals surface area (Å²) in [6, 6.07) is 0. The zero-order chi connectivity index (χ0) is 12.5. The molecular weight excluding hydrogens is 216 g/mol. The van der Waals surface area contributed by atoms with Gasteiger partial charge in [-0.15, -0.1) is 0 Å². The summed E-state index contributed by atoms with van der Waals surface area (Å²) in [4.78, 5) is 0. The molecule has 0 aromatic carbocycles. The summed E-state index contributed by atoms with van der Waals surface area (Å²) in [5, 5.41) is 30.8. The summed E-state index contributed by atoms with van der Waals surface area (Å²) < 4.78 is 0. The van der Waals surface area contributed by atoms with Crippen molar-refractivity contribution in [1.29, 1.82) is 0 Å². The molecule has 0 heterocycles. The summed E-state index contributed by atoms with van der Waals surface area (Å²) in [5.74, 6) is 0.350. The van der Waals surface area contributed by atoms with E-state index in [9.17, 15) is 15.3 Å². The fourth-order valence-corrected chi connectivity index (χ4v) is 3.67. The summed E-state index contributed by atoms with van der Waals surface area (Å²) in [6.07, 6.45) is 6.41. The van der Waals surface area contributed by atoms with Gasteiger partial charge < -0.3 is 15.3 Å². The quantitative estimate of drug-likeness (QED) is 0.692. The summed E-state index contributed by atoms with van der Waals surface area (Å²) in [7, 11) is 0. The van der Waals surface area contributed by atoms with Crippen LogP contribution in [-0.4, -0.2) is 33.1 Å². The van der Waals surface area contributed by atoms with Crippen molar-refractivity contribution in [2.75, 3.05) is 0 Å². The van der Waals surface area contributed by atoms with E-state index in [0.717, 1.165) is 38.5 Å². The standard InChI is InChI=1S/C14H26O3/c1-10-5-4-8-14(17,13(10)16)9-11-6-2-3-7-12(11)15/h10-13,15-17H,2-9H2,1H3. The Balaban J connectivity index is 1.99. The number of aliphatic hydroxyl groups excluding tert-OH is 2. The highest BCUT2D eigenvalue weighted by molar-refractivity contribution is 4.96. The van der Waals surface area contributed by atoms with Gasteiger partial charge in [-0.3, -0.25) is 0 Å². The summed E-state index contributed by atoms with van der Waals surface area (Å²) >= 11 is 0. The first-order chi connectivity index (χ1) is 8.03. The predicted octanol–water partition coefficient (Wildman–Crippen LogP) is 1.84. The molecule has 0 radical (unpaired) electrons. The second-order valence-electron chi connectivity index (χ2n) is 6.23. The maximum Gasteiger partial charge on any atom is 0.0911 e. The van der Waals surface area contributed by atoms with Crippen molar-refractivity contribution in [3.8, 4) is 0 Å². The minimum absolute atomic E-state index is 0.175. The molecule has 2 fully saturated rings. The molecule has 0 saturated heterocycles. The van der Waals surface area contributed by atoms with Gasteiger partial charge in [0.1, 0.15) is 0 Å². The van der Waals surface area contributed by atoms with Gasteiger partial charge in [-0.05, 0) is 43.9 Å². The molecule has 0 amide bonds. The molecule has 0 aliphatic heterocycles. The van der Waals surface area contributed by atoms with E-state index >= 15 is 0 Å². The van der Waals surface area contributed by atoms with Crippen molar-refractivity contribution in [3.63, 3.8) is 0 Å². The number of hydrogen-bond acceptors (Lipinski definition) is 3. The number of aliphatic hydroxyl groups is 3. The lowest BCUT2D eigenvalue weighted by atomic mass is 9.69. The molecule has 3 heteroatoms. The monoisotopic (exact) mass is 242 g/mol. The van der Waals surface area contributed by atoms with Crippen LogP contribution < -0.4 is 0 Å². The van der Waals surface area contributed by atoms with Gasteiger partial charge in [0, 0.05) is 0 Å². The SMILES string of the molecule is CC1CCCC(O)(CC2CCCCC2O)C1O. The number of hydrogen-bond donors (Lipinski definition) is 3. The summed E-state index contributed by atoms with van der Waals surface area (Å²) in [5.41, 5.74) is -0.958. The third-order valence-corrected chi connectivity index (χ3v) is 4.84. The Morgan fingerprint density at radius 1 is 1.06 bits per heavy atom. The first kappa shape index (κ1) is 13.3. The van der Waals surface area contributed by atoms with Crippen molar-refractivity contribution in [3.05, 3.63) is 0 Å². The minimum atomic E-state index is -0.958. The maximum absolute atomic E-state index is 10.6. The van der Waals surface area contributed by atoms with E-state index in [1.807, 2.05) is 6.92 Å². The Hall–Kier alpha value is -0.120. The average molecular weight is 242 g/mol. The van der Waals surface area contributed by atoms with Crippen LogP contribution in [0.1, 0.15) is 58.3 Å². The molecule has 2 saturated carbocycles. The van der Waals surface area contributed by atoms with Crippen LogP contribution in [0.25, 0.3) is 0 Å². The van der Waals surface area contributed by atoms with Crippen LogP contribution in [0.15, 0.2) is 0 Å². The molecule has 5 atom stereocenters. The molecular formula is C14H26O3. The molecule has 100 valence electrons. The van der Waals surface area contributed by atoms with Crippen molar-refractivity contribution >= 4 is 0 Å². The average Bonchev–Trinajstić information content (AvgIpc) is 2.29. The van der Waals surface area contributed by atoms with Crippen LogP contribution in [0.4, 0.5) is 0 Å². The number of rotatable bonds is 2. The van der Waals surface area contributed by atoms with E-state index < -0.39 is 11.7 Å². The highest BCUT2D eigenvalue weighted by Crippen LogP contribution is 2.40. The fraction of sp³-hybridized carbons (Fsp3) is 1.00. The largest absolute Gasteiger partial charge is 0.393 e. The lowest BCUT2D eigenvalue weighted by Crippen LogP contribution is -2.51. The Labute approximate surface area is 104 Å². The van der Waals surface area contributed by atoms with Crippen molar-refractivity contribution in [1.82, 2.24) is 0 Å². The molecule has 0 bridgehead atoms. The van der Waals surface area contributed by atoms with Gasteiger partial charge >= 0.3 is 0 Å². The van der Waals surface area contributed by atoms with Crippen molar-refractivity contribution in [2.45, 2.75) is 76.1 Å². The van der Waals surface area contributed by atoms with Crippen LogP contribution in [0, 0.1) is 11.8 Å². The summed E-state index contributed by atoms with van der Waals surface area (Å²) in [6.45, 7) is 2.01. The van der Waals surface area contributed by atoms with E-state index in [0.29, 0.717) is 12.8 Å².